The van der Waals surface area contributed by atoms with Crippen molar-refractivity contribution in [2.45, 2.75) is 52.4 Å². The first-order chi connectivity index (χ1) is 29.0. The molecule has 0 aliphatic rings. The molecule has 10 heteroatoms. The van der Waals surface area contributed by atoms with Gasteiger partial charge in [-0.3, -0.25) is 0 Å². The molecule has 0 radical (unpaired) electrons. The largest absolute Gasteiger partial charge is 3.00 e. The second-order valence-electron chi connectivity index (χ2n) is 15.4. The van der Waals surface area contributed by atoms with Gasteiger partial charge in [0.15, 0.2) is 0 Å². The van der Waals surface area contributed by atoms with Crippen LogP contribution in [0.5, 0.6) is 0 Å². The molecule has 0 fully saturated rings. The van der Waals surface area contributed by atoms with Gasteiger partial charge in [-0.05, 0) is 53.5 Å². The van der Waals surface area contributed by atoms with Gasteiger partial charge < -0.3 is 23.8 Å². The van der Waals surface area contributed by atoms with Crippen molar-refractivity contribution in [3.05, 3.63) is 200 Å². The van der Waals surface area contributed by atoms with Crippen molar-refractivity contribution in [2.75, 3.05) is 0 Å². The van der Waals surface area contributed by atoms with Gasteiger partial charge in [-0.2, -0.15) is 0 Å². The molecule has 4 aromatic carbocycles. The molecule has 0 unspecified atom stereocenters. The third-order valence-electron chi connectivity index (χ3n) is 8.44. The van der Waals surface area contributed by atoms with E-state index in [-0.39, 0.29) is 30.9 Å². The summed E-state index contributed by atoms with van der Waals surface area (Å²) in [6, 6.07) is 58.1. The van der Waals surface area contributed by atoms with Crippen molar-refractivity contribution < 1.29 is 28.9 Å². The summed E-state index contributed by atoms with van der Waals surface area (Å²) in [6.07, 6.45) is 5.36. The normalized spacial score (nSPS) is 10.7. The molecular formula is C51H46IrN7O2. The van der Waals surface area contributed by atoms with E-state index in [0.717, 1.165) is 44.9 Å². The topological polar surface area (TPSA) is 117 Å². The third kappa shape index (κ3) is 13.6. The Balaban J connectivity index is 0.000000162. The Morgan fingerprint density at radius 1 is 0.393 bits per heavy atom. The molecule has 0 bridgehead atoms. The van der Waals surface area contributed by atoms with Crippen LogP contribution in [0.2, 0.25) is 0 Å². The standard InChI is InChI=1S/C18H22N4O2.3C11H8N.Ir/c1-17(2,3)15-21-19-13(23-15)11-8-7-9-12(10-11)14-20-22-16(24-14)18(4,5)6;3*1-2-6-10(7-3-1)11-8-4-5-9-12-11;/h7-10H,1-6H3;3*1-6,8-9H;/q;3*-1;+3. The number of pyridine rings is 3. The monoisotopic (exact) mass is 981 g/mol. The van der Waals surface area contributed by atoms with E-state index < -0.39 is 0 Å². The fourth-order valence-electron chi connectivity index (χ4n) is 5.30. The Kier molecular flexibility index (Phi) is 16.4. The van der Waals surface area contributed by atoms with Crippen molar-refractivity contribution >= 4 is 0 Å². The maximum absolute atomic E-state index is 5.80. The van der Waals surface area contributed by atoms with Crippen LogP contribution in [0.15, 0.2) is 179 Å². The molecule has 0 spiro atoms. The molecule has 0 N–H and O–H groups in total. The summed E-state index contributed by atoms with van der Waals surface area (Å²) in [7, 11) is 0. The number of aromatic nitrogens is 7. The maximum atomic E-state index is 5.80. The molecule has 61 heavy (non-hydrogen) atoms. The zero-order valence-electron chi connectivity index (χ0n) is 34.9. The zero-order valence-corrected chi connectivity index (χ0v) is 37.3. The van der Waals surface area contributed by atoms with E-state index in [1.165, 1.54) is 0 Å². The molecule has 9 aromatic rings. The molecule has 9 nitrogen and oxygen atoms in total. The molecule has 0 saturated carbocycles. The van der Waals surface area contributed by atoms with Crippen molar-refractivity contribution in [3.63, 3.8) is 0 Å². The minimum absolute atomic E-state index is 0. The summed E-state index contributed by atoms with van der Waals surface area (Å²) in [5.41, 5.74) is 7.31. The quantitative estimate of drug-likeness (QED) is 0.155. The van der Waals surface area contributed by atoms with E-state index in [2.05, 4.69) is 53.5 Å². The van der Waals surface area contributed by atoms with E-state index in [4.69, 9.17) is 8.83 Å². The number of benzene rings is 4. The average molecular weight is 981 g/mol. The van der Waals surface area contributed by atoms with Crippen molar-refractivity contribution in [2.24, 2.45) is 0 Å². The first kappa shape index (κ1) is 45.3. The van der Waals surface area contributed by atoms with Crippen molar-refractivity contribution in [1.82, 2.24) is 35.3 Å². The van der Waals surface area contributed by atoms with Gasteiger partial charge in [0.2, 0.25) is 23.6 Å². The predicted octanol–water partition coefficient (Wildman–Crippen LogP) is 12.0. The van der Waals surface area contributed by atoms with E-state index in [9.17, 15) is 0 Å². The molecule has 9 rings (SSSR count). The Hall–Kier alpha value is -6.74. The molecule has 0 saturated heterocycles. The fraction of sp³-hybridized carbons (Fsp3) is 0.157. The number of hydrogen-bond donors (Lipinski definition) is 0. The minimum atomic E-state index is -0.184. The Bertz CT molecular complexity index is 2240. The first-order valence-electron chi connectivity index (χ1n) is 19.5. The SMILES string of the molecule is CC(C)(C)c1nnc(-c2cccc(-c3nnc(C(C)(C)C)o3)c2)o1.[Ir+3].[c-]1ccccc1-c1ccccn1.[c-]1ccccc1-c1ccccn1.[c-]1ccccc1-c1ccccn1. The molecule has 306 valence electrons. The molecule has 0 aliphatic heterocycles. The van der Waals surface area contributed by atoms with Crippen LogP contribution in [0.25, 0.3) is 56.7 Å². The summed E-state index contributed by atoms with van der Waals surface area (Å²) < 4.78 is 11.6. The van der Waals surface area contributed by atoms with Gasteiger partial charge in [0.05, 0.1) is 0 Å². The molecule has 0 atom stereocenters. The van der Waals surface area contributed by atoms with Gasteiger partial charge in [0.1, 0.15) is 0 Å². The van der Waals surface area contributed by atoms with Crippen LogP contribution < -0.4 is 0 Å². The summed E-state index contributed by atoms with van der Waals surface area (Å²) in [5, 5.41) is 16.6. The second kappa shape index (κ2) is 22.0. The Morgan fingerprint density at radius 3 is 1.00 bits per heavy atom. The number of nitrogens with zero attached hydrogens (tertiary/aromatic N) is 7. The Labute approximate surface area is 371 Å². The molecule has 0 aliphatic carbocycles. The number of rotatable bonds is 5. The van der Waals surface area contributed by atoms with Crippen LogP contribution in [-0.4, -0.2) is 35.3 Å². The summed E-state index contributed by atoms with van der Waals surface area (Å²) in [6.45, 7) is 12.2. The van der Waals surface area contributed by atoms with Gasteiger partial charge in [-0.15, -0.1) is 128 Å². The van der Waals surface area contributed by atoms with E-state index in [0.29, 0.717) is 23.6 Å². The van der Waals surface area contributed by atoms with Crippen LogP contribution in [0.3, 0.4) is 0 Å². The summed E-state index contributed by atoms with van der Waals surface area (Å²) in [5.74, 6) is 2.18. The Morgan fingerprint density at radius 2 is 0.738 bits per heavy atom. The smallest absolute Gasteiger partial charge is 0.420 e. The van der Waals surface area contributed by atoms with E-state index >= 15 is 0 Å². The first-order valence-corrected chi connectivity index (χ1v) is 19.5. The van der Waals surface area contributed by atoms with Crippen LogP contribution in [0.4, 0.5) is 0 Å². The molecule has 5 heterocycles. The average Bonchev–Trinajstić information content (AvgIpc) is 4.02. The maximum Gasteiger partial charge on any atom is 3.00 e. The van der Waals surface area contributed by atoms with E-state index in [1.54, 1.807) is 18.6 Å². The van der Waals surface area contributed by atoms with Gasteiger partial charge in [0.25, 0.3) is 0 Å². The molecule has 5 aromatic heterocycles. The van der Waals surface area contributed by atoms with Crippen LogP contribution in [-0.2, 0) is 30.9 Å². The summed E-state index contributed by atoms with van der Waals surface area (Å²) >= 11 is 0. The third-order valence-corrected chi connectivity index (χ3v) is 8.44. The van der Waals surface area contributed by atoms with Crippen molar-refractivity contribution in [3.8, 4) is 56.7 Å². The molecule has 0 amide bonds. The van der Waals surface area contributed by atoms with Crippen LogP contribution in [0, 0.1) is 18.2 Å². The van der Waals surface area contributed by atoms with Crippen molar-refractivity contribution in [1.29, 1.82) is 0 Å². The molecular weight excluding hydrogens is 935 g/mol. The van der Waals surface area contributed by atoms with E-state index in [1.807, 2.05) is 193 Å². The van der Waals surface area contributed by atoms with Crippen LogP contribution >= 0.6 is 0 Å². The zero-order chi connectivity index (χ0) is 42.2. The van der Waals surface area contributed by atoms with Crippen LogP contribution in [0.1, 0.15) is 53.3 Å². The van der Waals surface area contributed by atoms with Gasteiger partial charge >= 0.3 is 20.1 Å². The van der Waals surface area contributed by atoms with Gasteiger partial charge in [-0.25, -0.2) is 0 Å². The van der Waals surface area contributed by atoms with Gasteiger partial charge in [-0.1, -0.05) is 84.0 Å². The summed E-state index contributed by atoms with van der Waals surface area (Å²) in [4.78, 5) is 12.7. The minimum Gasteiger partial charge on any atom is -0.420 e. The predicted molar refractivity (Wildman–Crippen MR) is 236 cm³/mol. The fourth-order valence-corrected chi connectivity index (χ4v) is 5.30. The second-order valence-corrected chi connectivity index (χ2v) is 15.4. The number of hydrogen-bond acceptors (Lipinski definition) is 9. The van der Waals surface area contributed by atoms with Gasteiger partial charge in [0, 0.05) is 40.5 Å².